The SMILES string of the molecule is CCCCCCCC(C)(CCCC)c1ccnnc1. The monoisotopic (exact) mass is 262 g/mol. The zero-order valence-corrected chi connectivity index (χ0v) is 13.0. The van der Waals surface area contributed by atoms with Crippen LogP contribution in [0.3, 0.4) is 0 Å². The smallest absolute Gasteiger partial charge is 0.0533 e. The largest absolute Gasteiger partial charge is 0.159 e. The Kier molecular flexibility index (Phi) is 7.69. The third kappa shape index (κ3) is 5.71. The fraction of sp³-hybridized carbons (Fsp3) is 0.765. The minimum atomic E-state index is 0.290. The molecule has 108 valence electrons. The van der Waals surface area contributed by atoms with Crippen LogP contribution in [0.25, 0.3) is 0 Å². The summed E-state index contributed by atoms with van der Waals surface area (Å²) in [6.07, 6.45) is 15.7. The second-order valence-corrected chi connectivity index (χ2v) is 5.96. The van der Waals surface area contributed by atoms with Gasteiger partial charge in [0.1, 0.15) is 0 Å². The molecule has 0 aliphatic carbocycles. The highest BCUT2D eigenvalue weighted by Gasteiger charge is 2.25. The summed E-state index contributed by atoms with van der Waals surface area (Å²) in [6.45, 7) is 6.94. The molecule has 0 saturated carbocycles. The molecule has 0 amide bonds. The van der Waals surface area contributed by atoms with E-state index >= 15 is 0 Å². The number of nitrogens with zero attached hydrogens (tertiary/aromatic N) is 2. The average molecular weight is 262 g/mol. The summed E-state index contributed by atoms with van der Waals surface area (Å²) in [5, 5.41) is 7.98. The van der Waals surface area contributed by atoms with Crippen molar-refractivity contribution in [3.63, 3.8) is 0 Å². The van der Waals surface area contributed by atoms with Gasteiger partial charge in [0, 0.05) is 6.20 Å². The highest BCUT2D eigenvalue weighted by Crippen LogP contribution is 2.34. The van der Waals surface area contributed by atoms with E-state index in [-0.39, 0.29) is 5.41 Å². The van der Waals surface area contributed by atoms with E-state index in [1.807, 2.05) is 12.4 Å². The maximum absolute atomic E-state index is 4.07. The van der Waals surface area contributed by atoms with Crippen LogP contribution in [0.2, 0.25) is 0 Å². The van der Waals surface area contributed by atoms with Crippen molar-refractivity contribution in [1.82, 2.24) is 10.2 Å². The molecule has 1 aromatic heterocycles. The predicted octanol–water partition coefficient (Wildman–Crippen LogP) is 5.29. The first kappa shape index (κ1) is 16.1. The molecule has 0 saturated heterocycles. The summed E-state index contributed by atoms with van der Waals surface area (Å²) in [5.74, 6) is 0. The van der Waals surface area contributed by atoms with Crippen LogP contribution in [0, 0.1) is 0 Å². The summed E-state index contributed by atoms with van der Waals surface area (Å²) in [6, 6.07) is 2.15. The van der Waals surface area contributed by atoms with E-state index < -0.39 is 0 Å². The molecule has 0 spiro atoms. The molecule has 0 aromatic carbocycles. The molecule has 2 heteroatoms. The molecular formula is C17H30N2. The molecule has 1 rings (SSSR count). The normalized spacial score (nSPS) is 14.3. The fourth-order valence-corrected chi connectivity index (χ4v) is 2.75. The van der Waals surface area contributed by atoms with Crippen LogP contribution in [-0.2, 0) is 5.41 Å². The number of hydrogen-bond acceptors (Lipinski definition) is 2. The highest BCUT2D eigenvalue weighted by molar-refractivity contribution is 5.18. The van der Waals surface area contributed by atoms with Crippen LogP contribution in [0.15, 0.2) is 18.5 Å². The van der Waals surface area contributed by atoms with E-state index in [0.29, 0.717) is 0 Å². The molecule has 0 aliphatic heterocycles. The molecule has 0 bridgehead atoms. The summed E-state index contributed by atoms with van der Waals surface area (Å²) in [5.41, 5.74) is 1.66. The number of aromatic nitrogens is 2. The molecule has 19 heavy (non-hydrogen) atoms. The van der Waals surface area contributed by atoms with Gasteiger partial charge in [0.15, 0.2) is 0 Å². The molecule has 0 fully saturated rings. The average Bonchev–Trinajstić information content (AvgIpc) is 2.46. The first-order valence-electron chi connectivity index (χ1n) is 8.00. The van der Waals surface area contributed by atoms with Crippen molar-refractivity contribution in [1.29, 1.82) is 0 Å². The minimum absolute atomic E-state index is 0.290. The Balaban J connectivity index is 2.55. The third-order valence-electron chi connectivity index (χ3n) is 4.20. The molecule has 0 radical (unpaired) electrons. The Hall–Kier alpha value is -0.920. The third-order valence-corrected chi connectivity index (χ3v) is 4.20. The first-order valence-corrected chi connectivity index (χ1v) is 8.00. The van der Waals surface area contributed by atoms with E-state index in [4.69, 9.17) is 0 Å². The maximum atomic E-state index is 4.07. The van der Waals surface area contributed by atoms with Gasteiger partial charge in [0.05, 0.1) is 6.20 Å². The molecule has 1 heterocycles. The zero-order valence-electron chi connectivity index (χ0n) is 13.0. The van der Waals surface area contributed by atoms with E-state index in [9.17, 15) is 0 Å². The number of rotatable bonds is 10. The van der Waals surface area contributed by atoms with Gasteiger partial charge in [0.2, 0.25) is 0 Å². The summed E-state index contributed by atoms with van der Waals surface area (Å²) < 4.78 is 0. The lowest BCUT2D eigenvalue weighted by atomic mass is 9.75. The van der Waals surface area contributed by atoms with E-state index in [0.717, 1.165) is 0 Å². The summed E-state index contributed by atoms with van der Waals surface area (Å²) >= 11 is 0. The van der Waals surface area contributed by atoms with Gasteiger partial charge in [-0.1, -0.05) is 65.7 Å². The van der Waals surface area contributed by atoms with E-state index in [1.54, 1.807) is 0 Å². The van der Waals surface area contributed by atoms with Crippen LogP contribution >= 0.6 is 0 Å². The Morgan fingerprint density at radius 2 is 1.58 bits per heavy atom. The second-order valence-electron chi connectivity index (χ2n) is 5.96. The van der Waals surface area contributed by atoms with Gasteiger partial charge >= 0.3 is 0 Å². The standard InChI is InChI=1S/C17H30N2/c1-4-6-8-9-10-13-17(3,12-7-5-2)16-11-14-18-19-15-16/h11,14-15H,4-10,12-13H2,1-3H3. The van der Waals surface area contributed by atoms with Gasteiger partial charge < -0.3 is 0 Å². The fourth-order valence-electron chi connectivity index (χ4n) is 2.75. The molecule has 1 atom stereocenters. The lowest BCUT2D eigenvalue weighted by Crippen LogP contribution is -2.22. The molecule has 2 nitrogen and oxygen atoms in total. The summed E-state index contributed by atoms with van der Waals surface area (Å²) in [4.78, 5) is 0. The summed E-state index contributed by atoms with van der Waals surface area (Å²) in [7, 11) is 0. The highest BCUT2D eigenvalue weighted by atomic mass is 15.1. The lowest BCUT2D eigenvalue weighted by Gasteiger charge is -2.30. The van der Waals surface area contributed by atoms with Crippen LogP contribution in [0.4, 0.5) is 0 Å². The molecule has 1 aromatic rings. The van der Waals surface area contributed by atoms with Gasteiger partial charge in [0.25, 0.3) is 0 Å². The van der Waals surface area contributed by atoms with Gasteiger partial charge in [-0.3, -0.25) is 0 Å². The van der Waals surface area contributed by atoms with Crippen molar-refractivity contribution >= 4 is 0 Å². The number of hydrogen-bond donors (Lipinski definition) is 0. The zero-order chi connectivity index (χ0) is 14.0. The van der Waals surface area contributed by atoms with Crippen LogP contribution in [-0.4, -0.2) is 10.2 Å². The maximum Gasteiger partial charge on any atom is 0.0533 e. The van der Waals surface area contributed by atoms with Crippen molar-refractivity contribution in [2.24, 2.45) is 0 Å². The first-order chi connectivity index (χ1) is 9.23. The van der Waals surface area contributed by atoms with Crippen molar-refractivity contribution < 1.29 is 0 Å². The van der Waals surface area contributed by atoms with Gasteiger partial charge in [-0.2, -0.15) is 10.2 Å². The van der Waals surface area contributed by atoms with Crippen LogP contribution in [0.1, 0.15) is 84.1 Å². The van der Waals surface area contributed by atoms with Gasteiger partial charge in [-0.15, -0.1) is 0 Å². The molecule has 0 aliphatic rings. The van der Waals surface area contributed by atoms with Crippen molar-refractivity contribution in [2.45, 2.75) is 84.0 Å². The van der Waals surface area contributed by atoms with Crippen LogP contribution < -0.4 is 0 Å². The van der Waals surface area contributed by atoms with Gasteiger partial charge in [-0.25, -0.2) is 0 Å². The quantitative estimate of drug-likeness (QED) is 0.536. The van der Waals surface area contributed by atoms with Crippen molar-refractivity contribution in [2.75, 3.05) is 0 Å². The molecule has 1 unspecified atom stereocenters. The topological polar surface area (TPSA) is 25.8 Å². The Morgan fingerprint density at radius 1 is 0.895 bits per heavy atom. The van der Waals surface area contributed by atoms with E-state index in [1.165, 1.54) is 63.4 Å². The van der Waals surface area contributed by atoms with Gasteiger partial charge in [-0.05, 0) is 29.9 Å². The van der Waals surface area contributed by atoms with Crippen LogP contribution in [0.5, 0.6) is 0 Å². The minimum Gasteiger partial charge on any atom is -0.159 e. The Bertz CT molecular complexity index is 323. The van der Waals surface area contributed by atoms with Crippen molar-refractivity contribution in [3.05, 3.63) is 24.0 Å². The Labute approximate surface area is 119 Å². The Morgan fingerprint density at radius 3 is 2.21 bits per heavy atom. The van der Waals surface area contributed by atoms with Crippen molar-refractivity contribution in [3.8, 4) is 0 Å². The lowest BCUT2D eigenvalue weighted by molar-refractivity contribution is 0.367. The van der Waals surface area contributed by atoms with E-state index in [2.05, 4.69) is 37.0 Å². The predicted molar refractivity (Wildman–Crippen MR) is 82.3 cm³/mol. The second kappa shape index (κ2) is 9.06. The molecular weight excluding hydrogens is 232 g/mol. The molecule has 0 N–H and O–H groups in total. The number of unbranched alkanes of at least 4 members (excludes halogenated alkanes) is 5.